The van der Waals surface area contributed by atoms with Crippen LogP contribution in [0.4, 0.5) is 0 Å². The molecular weight excluding hydrogens is 354 g/mol. The number of likely N-dealkylation sites (tertiary alicyclic amines) is 2. The molecule has 4 heterocycles. The summed E-state index contributed by atoms with van der Waals surface area (Å²) in [4.78, 5) is 30.4. The number of piperidine rings is 1. The molecule has 6 heteroatoms. The second-order valence-corrected chi connectivity index (χ2v) is 9.43. The lowest BCUT2D eigenvalue weighted by atomic mass is 9.82. The molecule has 28 heavy (non-hydrogen) atoms. The van der Waals surface area contributed by atoms with Crippen molar-refractivity contribution < 1.29 is 9.90 Å². The van der Waals surface area contributed by atoms with E-state index in [0.29, 0.717) is 38.4 Å². The van der Waals surface area contributed by atoms with Crippen molar-refractivity contribution in [3.8, 4) is 0 Å². The monoisotopic (exact) mass is 385 g/mol. The normalized spacial score (nSPS) is 29.1. The predicted octanol–water partition coefficient (Wildman–Crippen LogP) is 1.69. The Hall–Kier alpha value is -1.66. The third kappa shape index (κ3) is 3.11. The standard InChI is InChI=1S/C22H31N3O3/c26-20-17(14-23-9-3-4-10-23)5-6-19-18-11-16(13-25(19)20)12-24(15-18)21(27)22(28)7-1-2-8-22/h5-6,16,18,28H,1-4,7-15H2/t16-,18+/m0/s1. The molecule has 0 radical (unpaired) electrons. The van der Waals surface area contributed by atoms with Gasteiger partial charge in [0.15, 0.2) is 0 Å². The van der Waals surface area contributed by atoms with Gasteiger partial charge >= 0.3 is 0 Å². The van der Waals surface area contributed by atoms with Gasteiger partial charge in [-0.2, -0.15) is 0 Å². The average molecular weight is 386 g/mol. The van der Waals surface area contributed by atoms with Crippen molar-refractivity contribution in [1.82, 2.24) is 14.4 Å². The molecule has 5 rings (SSSR count). The highest BCUT2D eigenvalue weighted by Gasteiger charge is 2.45. The zero-order valence-electron chi connectivity index (χ0n) is 16.6. The van der Waals surface area contributed by atoms with Gasteiger partial charge in [-0.25, -0.2) is 0 Å². The fourth-order valence-corrected chi connectivity index (χ4v) is 5.93. The van der Waals surface area contributed by atoms with Crippen LogP contribution in [0.2, 0.25) is 0 Å². The van der Waals surface area contributed by atoms with Crippen LogP contribution in [-0.2, 0) is 17.9 Å². The fraction of sp³-hybridized carbons (Fsp3) is 0.727. The molecule has 0 unspecified atom stereocenters. The smallest absolute Gasteiger partial charge is 0.255 e. The van der Waals surface area contributed by atoms with E-state index in [2.05, 4.69) is 11.0 Å². The Kier molecular flexibility index (Phi) is 4.59. The summed E-state index contributed by atoms with van der Waals surface area (Å²) in [6.07, 6.45) is 6.54. The Bertz CT molecular complexity index is 821. The molecule has 1 N–H and O–H groups in total. The minimum absolute atomic E-state index is 0.0823. The summed E-state index contributed by atoms with van der Waals surface area (Å²) in [5.74, 6) is 0.427. The molecule has 1 aromatic heterocycles. The van der Waals surface area contributed by atoms with Gasteiger partial charge in [-0.1, -0.05) is 6.07 Å². The Balaban J connectivity index is 1.37. The fourth-order valence-electron chi connectivity index (χ4n) is 5.93. The minimum Gasteiger partial charge on any atom is -0.380 e. The lowest BCUT2D eigenvalue weighted by Crippen LogP contribution is -2.55. The molecule has 1 amide bonds. The van der Waals surface area contributed by atoms with Crippen LogP contribution in [0, 0.1) is 5.92 Å². The van der Waals surface area contributed by atoms with Gasteiger partial charge < -0.3 is 14.6 Å². The molecule has 2 saturated heterocycles. The average Bonchev–Trinajstić information content (AvgIpc) is 3.36. The molecular formula is C22H31N3O3. The maximum Gasteiger partial charge on any atom is 0.255 e. The largest absolute Gasteiger partial charge is 0.380 e. The number of pyridine rings is 1. The van der Waals surface area contributed by atoms with Crippen LogP contribution in [0.3, 0.4) is 0 Å². The van der Waals surface area contributed by atoms with Crippen molar-refractivity contribution in [3.05, 3.63) is 33.7 Å². The number of amides is 1. The van der Waals surface area contributed by atoms with E-state index in [1.54, 1.807) is 0 Å². The highest BCUT2D eigenvalue weighted by Crippen LogP contribution is 2.38. The number of fused-ring (bicyclic) bond motifs is 4. The van der Waals surface area contributed by atoms with E-state index in [9.17, 15) is 14.7 Å². The van der Waals surface area contributed by atoms with Crippen LogP contribution in [0.15, 0.2) is 16.9 Å². The summed E-state index contributed by atoms with van der Waals surface area (Å²) in [5.41, 5.74) is 0.986. The summed E-state index contributed by atoms with van der Waals surface area (Å²) in [6, 6.07) is 4.13. The second kappa shape index (κ2) is 6.99. The van der Waals surface area contributed by atoms with Crippen LogP contribution >= 0.6 is 0 Å². The summed E-state index contributed by atoms with van der Waals surface area (Å²) < 4.78 is 1.98. The molecule has 0 aromatic carbocycles. The molecule has 1 aromatic rings. The first-order valence-corrected chi connectivity index (χ1v) is 11.0. The van der Waals surface area contributed by atoms with Crippen molar-refractivity contribution in [2.24, 2.45) is 5.92 Å². The molecule has 152 valence electrons. The maximum atomic E-state index is 13.1. The van der Waals surface area contributed by atoms with Gasteiger partial charge in [-0.05, 0) is 70.0 Å². The van der Waals surface area contributed by atoms with E-state index < -0.39 is 5.60 Å². The van der Waals surface area contributed by atoms with E-state index in [1.165, 1.54) is 12.8 Å². The Morgan fingerprint density at radius 3 is 2.57 bits per heavy atom. The van der Waals surface area contributed by atoms with Gasteiger partial charge in [-0.3, -0.25) is 14.5 Å². The van der Waals surface area contributed by atoms with Crippen molar-refractivity contribution in [1.29, 1.82) is 0 Å². The zero-order valence-corrected chi connectivity index (χ0v) is 16.6. The number of nitrogens with zero attached hydrogens (tertiary/aromatic N) is 3. The number of aromatic nitrogens is 1. The first-order valence-electron chi connectivity index (χ1n) is 11.0. The molecule has 4 aliphatic rings. The van der Waals surface area contributed by atoms with E-state index in [4.69, 9.17) is 0 Å². The highest BCUT2D eigenvalue weighted by atomic mass is 16.3. The third-order valence-corrected chi connectivity index (χ3v) is 7.39. The summed E-state index contributed by atoms with van der Waals surface area (Å²) in [5, 5.41) is 10.7. The zero-order chi connectivity index (χ0) is 19.3. The number of aliphatic hydroxyl groups is 1. The Morgan fingerprint density at radius 2 is 1.82 bits per heavy atom. The van der Waals surface area contributed by atoms with Gasteiger partial charge in [0, 0.05) is 43.4 Å². The van der Waals surface area contributed by atoms with Gasteiger partial charge in [0.05, 0.1) is 0 Å². The number of hydrogen-bond donors (Lipinski definition) is 1. The van der Waals surface area contributed by atoms with Crippen LogP contribution in [0.25, 0.3) is 0 Å². The molecule has 2 atom stereocenters. The van der Waals surface area contributed by atoms with Crippen molar-refractivity contribution in [2.75, 3.05) is 26.2 Å². The maximum absolute atomic E-state index is 13.1. The number of hydrogen-bond acceptors (Lipinski definition) is 4. The summed E-state index contributed by atoms with van der Waals surface area (Å²) in [6.45, 7) is 4.92. The number of carbonyl (C=O) groups is 1. The molecule has 3 fully saturated rings. The lowest BCUT2D eigenvalue weighted by molar-refractivity contribution is -0.153. The van der Waals surface area contributed by atoms with Crippen LogP contribution in [0.1, 0.15) is 62.1 Å². The molecule has 3 aliphatic heterocycles. The number of carbonyl (C=O) groups excluding carboxylic acids is 1. The predicted molar refractivity (Wildman–Crippen MR) is 106 cm³/mol. The molecule has 1 aliphatic carbocycles. The van der Waals surface area contributed by atoms with Crippen molar-refractivity contribution >= 4 is 5.91 Å². The molecule has 6 nitrogen and oxygen atoms in total. The van der Waals surface area contributed by atoms with Crippen LogP contribution in [0.5, 0.6) is 0 Å². The van der Waals surface area contributed by atoms with E-state index in [1.807, 2.05) is 15.5 Å². The van der Waals surface area contributed by atoms with E-state index in [0.717, 1.165) is 50.2 Å². The Morgan fingerprint density at radius 1 is 1.07 bits per heavy atom. The van der Waals surface area contributed by atoms with Gasteiger partial charge in [0.2, 0.25) is 0 Å². The van der Waals surface area contributed by atoms with E-state index >= 15 is 0 Å². The van der Waals surface area contributed by atoms with Gasteiger partial charge in [0.1, 0.15) is 5.60 Å². The lowest BCUT2D eigenvalue weighted by Gasteiger charge is -2.44. The van der Waals surface area contributed by atoms with E-state index in [-0.39, 0.29) is 17.4 Å². The Labute approximate surface area is 166 Å². The topological polar surface area (TPSA) is 65.8 Å². The first kappa shape index (κ1) is 18.4. The highest BCUT2D eigenvalue weighted by molar-refractivity contribution is 5.85. The summed E-state index contributed by atoms with van der Waals surface area (Å²) in [7, 11) is 0. The minimum atomic E-state index is -1.15. The van der Waals surface area contributed by atoms with Crippen molar-refractivity contribution in [3.63, 3.8) is 0 Å². The molecule has 1 saturated carbocycles. The van der Waals surface area contributed by atoms with Crippen molar-refractivity contribution in [2.45, 2.75) is 69.6 Å². The first-order chi connectivity index (χ1) is 13.5. The third-order valence-electron chi connectivity index (χ3n) is 7.39. The molecule has 0 spiro atoms. The molecule has 2 bridgehead atoms. The van der Waals surface area contributed by atoms with Crippen LogP contribution < -0.4 is 5.56 Å². The van der Waals surface area contributed by atoms with Crippen LogP contribution in [-0.4, -0.2) is 57.2 Å². The SMILES string of the molecule is O=C(N1C[C@@H]2C[C@H](C1)c1ccc(CN3CCCC3)c(=O)n1C2)C1(O)CCCC1. The summed E-state index contributed by atoms with van der Waals surface area (Å²) >= 11 is 0. The second-order valence-electron chi connectivity index (χ2n) is 9.43. The van der Waals surface area contributed by atoms with Gasteiger partial charge in [-0.15, -0.1) is 0 Å². The number of rotatable bonds is 3. The quantitative estimate of drug-likeness (QED) is 0.860. The van der Waals surface area contributed by atoms with Gasteiger partial charge in [0.25, 0.3) is 11.5 Å².